The molecule has 3 heteroatoms. The molecular formula is C14H19F2N. The van der Waals surface area contributed by atoms with E-state index >= 15 is 0 Å². The minimum Gasteiger partial charge on any atom is -0.317 e. The normalized spacial score (nSPS) is 19.2. The third-order valence-electron chi connectivity index (χ3n) is 3.51. The van der Waals surface area contributed by atoms with Gasteiger partial charge in [0.25, 0.3) is 0 Å². The molecular weight excluding hydrogens is 220 g/mol. The van der Waals surface area contributed by atoms with Gasteiger partial charge >= 0.3 is 0 Å². The second kappa shape index (κ2) is 5.58. The first-order valence-corrected chi connectivity index (χ1v) is 6.30. The summed E-state index contributed by atoms with van der Waals surface area (Å²) >= 11 is 0. The first-order chi connectivity index (χ1) is 8.18. The van der Waals surface area contributed by atoms with E-state index in [4.69, 9.17) is 0 Å². The molecule has 17 heavy (non-hydrogen) atoms. The maximum Gasteiger partial charge on any atom is 0.129 e. The van der Waals surface area contributed by atoms with Gasteiger partial charge in [0.15, 0.2) is 0 Å². The van der Waals surface area contributed by atoms with Crippen LogP contribution in [0.3, 0.4) is 0 Å². The number of hydrogen-bond donors (Lipinski definition) is 1. The Bertz CT molecular complexity index is 370. The molecule has 1 unspecified atom stereocenters. The summed E-state index contributed by atoms with van der Waals surface area (Å²) in [5.74, 6) is 0.141. The zero-order chi connectivity index (χ0) is 12.3. The van der Waals surface area contributed by atoms with Crippen LogP contribution in [0.25, 0.3) is 0 Å². The molecule has 1 N–H and O–H groups in total. The van der Waals surface area contributed by atoms with E-state index in [2.05, 4.69) is 5.32 Å². The van der Waals surface area contributed by atoms with Gasteiger partial charge in [0.05, 0.1) is 0 Å². The molecule has 0 amide bonds. The number of hydrogen-bond acceptors (Lipinski definition) is 1. The maximum atomic E-state index is 13.6. The zero-order valence-electron chi connectivity index (χ0n) is 10.2. The van der Waals surface area contributed by atoms with Crippen molar-refractivity contribution < 1.29 is 8.78 Å². The Morgan fingerprint density at radius 1 is 1.35 bits per heavy atom. The Morgan fingerprint density at radius 3 is 2.71 bits per heavy atom. The summed E-state index contributed by atoms with van der Waals surface area (Å²) in [5, 5.41) is 3.30. The van der Waals surface area contributed by atoms with Crippen LogP contribution in [0.1, 0.15) is 37.1 Å². The molecule has 1 aliphatic rings. The molecule has 1 aromatic carbocycles. The number of piperidine rings is 1. The van der Waals surface area contributed by atoms with Gasteiger partial charge in [0.1, 0.15) is 12.0 Å². The van der Waals surface area contributed by atoms with E-state index in [-0.39, 0.29) is 5.56 Å². The van der Waals surface area contributed by atoms with Crippen LogP contribution in [-0.2, 0) is 6.42 Å². The van der Waals surface area contributed by atoms with Crippen molar-refractivity contribution in [3.8, 4) is 0 Å². The van der Waals surface area contributed by atoms with Gasteiger partial charge in [0, 0.05) is 5.56 Å². The molecule has 94 valence electrons. The van der Waals surface area contributed by atoms with E-state index in [0.717, 1.165) is 37.9 Å². The molecule has 1 atom stereocenters. The summed E-state index contributed by atoms with van der Waals surface area (Å²) in [7, 11) is 0. The summed E-state index contributed by atoms with van der Waals surface area (Å²) in [5.41, 5.74) is 1.10. The van der Waals surface area contributed by atoms with Crippen LogP contribution in [0.15, 0.2) is 18.2 Å². The van der Waals surface area contributed by atoms with Gasteiger partial charge in [-0.1, -0.05) is 12.1 Å². The van der Waals surface area contributed by atoms with Crippen molar-refractivity contribution in [3.05, 3.63) is 35.1 Å². The van der Waals surface area contributed by atoms with Crippen LogP contribution in [-0.4, -0.2) is 13.1 Å². The molecule has 0 radical (unpaired) electrons. The largest absolute Gasteiger partial charge is 0.317 e. The highest BCUT2D eigenvalue weighted by Gasteiger charge is 2.19. The van der Waals surface area contributed by atoms with E-state index in [1.807, 2.05) is 6.07 Å². The van der Waals surface area contributed by atoms with E-state index < -0.39 is 12.0 Å². The fourth-order valence-corrected chi connectivity index (χ4v) is 2.60. The molecule has 0 spiro atoms. The van der Waals surface area contributed by atoms with Crippen molar-refractivity contribution in [1.29, 1.82) is 0 Å². The smallest absolute Gasteiger partial charge is 0.129 e. The van der Waals surface area contributed by atoms with Crippen LogP contribution in [0.2, 0.25) is 0 Å². The summed E-state index contributed by atoms with van der Waals surface area (Å²) < 4.78 is 27.1. The van der Waals surface area contributed by atoms with Crippen molar-refractivity contribution in [3.63, 3.8) is 0 Å². The Balaban J connectivity index is 2.16. The zero-order valence-corrected chi connectivity index (χ0v) is 10.2. The van der Waals surface area contributed by atoms with Gasteiger partial charge < -0.3 is 5.32 Å². The van der Waals surface area contributed by atoms with E-state index in [1.54, 1.807) is 6.07 Å². The Hall–Kier alpha value is -0.960. The predicted octanol–water partition coefficient (Wildman–Crippen LogP) is 3.40. The Morgan fingerprint density at radius 2 is 2.06 bits per heavy atom. The molecule has 2 rings (SSSR count). The van der Waals surface area contributed by atoms with Crippen LogP contribution < -0.4 is 5.32 Å². The SMILES string of the molecule is CC(F)c1c(F)cccc1CC1CCNCC1. The fourth-order valence-electron chi connectivity index (χ4n) is 2.60. The maximum absolute atomic E-state index is 13.6. The molecule has 1 aliphatic heterocycles. The molecule has 0 aromatic heterocycles. The fraction of sp³-hybridized carbons (Fsp3) is 0.571. The van der Waals surface area contributed by atoms with Crippen molar-refractivity contribution in [1.82, 2.24) is 5.32 Å². The molecule has 0 bridgehead atoms. The van der Waals surface area contributed by atoms with Gasteiger partial charge in [-0.3, -0.25) is 0 Å². The number of rotatable bonds is 3. The van der Waals surface area contributed by atoms with Crippen LogP contribution in [0, 0.1) is 11.7 Å². The topological polar surface area (TPSA) is 12.0 Å². The lowest BCUT2D eigenvalue weighted by Gasteiger charge is -2.24. The molecule has 1 nitrogen and oxygen atoms in total. The summed E-state index contributed by atoms with van der Waals surface area (Å²) in [4.78, 5) is 0. The Labute approximate surface area is 101 Å². The third kappa shape index (κ3) is 3.03. The quantitative estimate of drug-likeness (QED) is 0.852. The second-order valence-electron chi connectivity index (χ2n) is 4.83. The average Bonchev–Trinajstić information content (AvgIpc) is 2.30. The van der Waals surface area contributed by atoms with Crippen molar-refractivity contribution in [2.45, 2.75) is 32.4 Å². The van der Waals surface area contributed by atoms with E-state index in [0.29, 0.717) is 5.92 Å². The molecule has 1 saturated heterocycles. The van der Waals surface area contributed by atoms with Gasteiger partial charge in [0.2, 0.25) is 0 Å². The Kier molecular flexibility index (Phi) is 4.11. The minimum atomic E-state index is -1.23. The number of nitrogens with one attached hydrogen (secondary N) is 1. The number of halogens is 2. The molecule has 0 aliphatic carbocycles. The summed E-state index contributed by atoms with van der Waals surface area (Å²) in [6.07, 6.45) is 1.75. The first kappa shape index (κ1) is 12.5. The van der Waals surface area contributed by atoms with E-state index in [9.17, 15) is 8.78 Å². The lowest BCUT2D eigenvalue weighted by Crippen LogP contribution is -2.28. The van der Waals surface area contributed by atoms with Gasteiger partial charge in [-0.25, -0.2) is 8.78 Å². The third-order valence-corrected chi connectivity index (χ3v) is 3.51. The van der Waals surface area contributed by atoms with Crippen molar-refractivity contribution in [2.24, 2.45) is 5.92 Å². The summed E-state index contributed by atoms with van der Waals surface area (Å²) in [6.45, 7) is 3.44. The molecule has 1 fully saturated rings. The highest BCUT2D eigenvalue weighted by Crippen LogP contribution is 2.28. The average molecular weight is 239 g/mol. The van der Waals surface area contributed by atoms with Crippen molar-refractivity contribution >= 4 is 0 Å². The highest BCUT2D eigenvalue weighted by molar-refractivity contribution is 5.31. The molecule has 1 heterocycles. The lowest BCUT2D eigenvalue weighted by atomic mass is 9.88. The minimum absolute atomic E-state index is 0.256. The second-order valence-corrected chi connectivity index (χ2v) is 4.83. The van der Waals surface area contributed by atoms with Crippen LogP contribution in [0.4, 0.5) is 8.78 Å². The van der Waals surface area contributed by atoms with Crippen LogP contribution in [0.5, 0.6) is 0 Å². The standard InChI is InChI=1S/C14H19F2N/c1-10(15)14-12(3-2-4-13(14)16)9-11-5-7-17-8-6-11/h2-4,10-11,17H,5-9H2,1H3. The van der Waals surface area contributed by atoms with E-state index in [1.165, 1.54) is 13.0 Å². The summed E-state index contributed by atoms with van der Waals surface area (Å²) in [6, 6.07) is 4.88. The monoisotopic (exact) mass is 239 g/mol. The van der Waals surface area contributed by atoms with Crippen LogP contribution >= 0.6 is 0 Å². The van der Waals surface area contributed by atoms with Crippen molar-refractivity contribution in [2.75, 3.05) is 13.1 Å². The molecule has 0 saturated carbocycles. The van der Waals surface area contributed by atoms with Gasteiger partial charge in [-0.05, 0) is 56.8 Å². The van der Waals surface area contributed by atoms with Gasteiger partial charge in [-0.15, -0.1) is 0 Å². The van der Waals surface area contributed by atoms with Gasteiger partial charge in [-0.2, -0.15) is 0 Å². The lowest BCUT2D eigenvalue weighted by molar-refractivity contribution is 0.346. The first-order valence-electron chi connectivity index (χ1n) is 6.30. The predicted molar refractivity (Wildman–Crippen MR) is 65.2 cm³/mol. The number of benzene rings is 1. The molecule has 1 aromatic rings. The number of alkyl halides is 1. The highest BCUT2D eigenvalue weighted by atomic mass is 19.1.